The molecule has 492 valence electrons. The van der Waals surface area contributed by atoms with Crippen LogP contribution in [-0.2, 0) is 11.3 Å². The molecule has 0 spiro atoms. The molecule has 95 heavy (non-hydrogen) atoms. The van der Waals surface area contributed by atoms with Gasteiger partial charge in [0.25, 0.3) is 0 Å². The number of piperazine rings is 1. The van der Waals surface area contributed by atoms with E-state index in [-0.39, 0.29) is 31.3 Å². The van der Waals surface area contributed by atoms with Crippen molar-refractivity contribution in [2.45, 2.75) is 64.3 Å². The van der Waals surface area contributed by atoms with Gasteiger partial charge in [-0.15, -0.1) is 0 Å². The molecule has 9 aromatic rings. The van der Waals surface area contributed by atoms with Crippen molar-refractivity contribution in [1.82, 2.24) is 9.80 Å². The average molecular weight is 1330 g/mol. The molecule has 11 heteroatoms. The minimum atomic E-state index is 0.148. The molecular weight excluding hydrogens is 1240 g/mol. The highest BCUT2D eigenvalue weighted by atomic mass is 79.9. The lowest BCUT2D eigenvalue weighted by molar-refractivity contribution is 0.122. The van der Waals surface area contributed by atoms with Gasteiger partial charge in [-0.05, 0) is 221 Å². The van der Waals surface area contributed by atoms with E-state index in [9.17, 15) is 25.5 Å². The van der Waals surface area contributed by atoms with Crippen LogP contribution < -0.4 is 9.80 Å². The Hall–Kier alpha value is -8.36. The topological polar surface area (TPSA) is 123 Å². The number of likely N-dealkylation sites (tertiary alicyclic amines) is 1. The van der Waals surface area contributed by atoms with Crippen LogP contribution in [0.1, 0.15) is 113 Å². The highest BCUT2D eigenvalue weighted by Crippen LogP contribution is 2.40. The summed E-state index contributed by atoms with van der Waals surface area (Å²) < 4.78 is 6.56. The minimum absolute atomic E-state index is 0.148. The maximum Gasteiger partial charge on any atom is 0.115 e. The highest BCUT2D eigenvalue weighted by Gasteiger charge is 2.21. The Balaban J connectivity index is 0.000000155. The summed E-state index contributed by atoms with van der Waals surface area (Å²) in [6.07, 6.45) is 8.52. The normalized spacial score (nSPS) is 15.3. The van der Waals surface area contributed by atoms with E-state index in [0.717, 1.165) is 134 Å². The molecule has 3 aliphatic rings. The molecule has 0 aliphatic carbocycles. The number of allylic oxidation sites excluding steroid dienone is 3. The zero-order chi connectivity index (χ0) is 66.0. The Kier molecular flexibility index (Phi) is 26.7. The molecule has 3 saturated heterocycles. The second-order valence-corrected chi connectivity index (χ2v) is 25.7. The summed E-state index contributed by atoms with van der Waals surface area (Å²) in [6.45, 7) is 11.6. The molecule has 5 N–H and O–H groups in total. The Morgan fingerprint density at radius 1 is 0.358 bits per heavy atom. The first-order valence-electron chi connectivity index (χ1n) is 34.0. The van der Waals surface area contributed by atoms with Gasteiger partial charge in [0.2, 0.25) is 0 Å². The molecule has 0 unspecified atom stereocenters. The van der Waals surface area contributed by atoms with Gasteiger partial charge < -0.3 is 45.0 Å². The van der Waals surface area contributed by atoms with Crippen LogP contribution >= 0.6 is 15.9 Å². The summed E-state index contributed by atoms with van der Waals surface area (Å²) in [4.78, 5) is 9.73. The van der Waals surface area contributed by atoms with Gasteiger partial charge in [-0.1, -0.05) is 198 Å². The highest BCUT2D eigenvalue weighted by molar-refractivity contribution is 9.10. The molecule has 0 saturated carbocycles. The van der Waals surface area contributed by atoms with Crippen molar-refractivity contribution in [3.8, 4) is 11.5 Å². The third-order valence-corrected chi connectivity index (χ3v) is 18.7. The number of hydrogen-bond acceptors (Lipinski definition) is 10. The van der Waals surface area contributed by atoms with Crippen LogP contribution in [0.25, 0.3) is 33.4 Å². The lowest BCUT2D eigenvalue weighted by atomic mass is 9.87. The van der Waals surface area contributed by atoms with Gasteiger partial charge in [-0.25, -0.2) is 0 Å². The monoisotopic (exact) mass is 1330 g/mol. The summed E-state index contributed by atoms with van der Waals surface area (Å²) in [5.74, 6) is 0.512. The van der Waals surface area contributed by atoms with Crippen LogP contribution in [-0.4, -0.2) is 128 Å². The standard InChI is InChI=1S/C29H32BrNO.C28H32N2O2.C27H29NO3/c30-27-17-15-26(16-18-27)29(28(10-7-21-32)24-8-3-1-4-9-24)25-13-11-23(12-14-25)22-31-19-5-2-6-20-31;1-29-17-19-30(20-18-29)25-13-9-23(10-14-25)28(24-11-15-26(32)16-12-24)27(8-5-21-31)22-6-3-2-4-7-22;29-18-4-7-26(21-5-2-1-3-6-21)27(23-10-14-25(30)15-11-23)22-8-12-24(13-9-22)28-16-19-31-20-17-28/h1,3-4,8-9,11-18,32H,2,5-7,10,19-22H2;2-4,6-7,9-16,31-32H,5,8,17-21H2,1H3;1-3,5-6,8-15,29-30H,4,7,16-20H2/b29-28+;28-27+;27-26+. The first-order valence-corrected chi connectivity index (χ1v) is 34.8. The first kappa shape index (κ1) is 69.5. The van der Waals surface area contributed by atoms with E-state index in [1.165, 1.54) is 88.3 Å². The van der Waals surface area contributed by atoms with E-state index >= 15 is 0 Å². The molecule has 0 aromatic heterocycles. The van der Waals surface area contributed by atoms with Crippen LogP contribution in [0.5, 0.6) is 11.5 Å². The van der Waals surface area contributed by atoms with Gasteiger partial charge in [-0.3, -0.25) is 4.90 Å². The van der Waals surface area contributed by atoms with Crippen molar-refractivity contribution in [3.63, 3.8) is 0 Å². The predicted molar refractivity (Wildman–Crippen MR) is 398 cm³/mol. The van der Waals surface area contributed by atoms with Crippen LogP contribution in [0, 0.1) is 0 Å². The minimum Gasteiger partial charge on any atom is -0.508 e. The quantitative estimate of drug-likeness (QED) is 0.0419. The molecule has 10 nitrogen and oxygen atoms in total. The second kappa shape index (κ2) is 36.5. The molecule has 9 aromatic carbocycles. The summed E-state index contributed by atoms with van der Waals surface area (Å²) >= 11 is 3.58. The predicted octanol–water partition coefficient (Wildman–Crippen LogP) is 17.0. The van der Waals surface area contributed by atoms with Crippen molar-refractivity contribution >= 4 is 60.7 Å². The fourth-order valence-electron chi connectivity index (χ4n) is 13.1. The third-order valence-electron chi connectivity index (χ3n) is 18.1. The van der Waals surface area contributed by atoms with Gasteiger partial charge in [0.05, 0.1) is 13.2 Å². The van der Waals surface area contributed by atoms with Gasteiger partial charge >= 0.3 is 0 Å². The fraction of sp³-hybridized carbons (Fsp3) is 0.286. The van der Waals surface area contributed by atoms with Crippen molar-refractivity contribution in [2.75, 3.05) is 102 Å². The summed E-state index contributed by atoms with van der Waals surface area (Å²) in [6, 6.07) is 81.4. The van der Waals surface area contributed by atoms with E-state index in [4.69, 9.17) is 4.74 Å². The van der Waals surface area contributed by atoms with E-state index in [0.29, 0.717) is 12.8 Å². The lowest BCUT2D eigenvalue weighted by Gasteiger charge is -2.34. The largest absolute Gasteiger partial charge is 0.508 e. The van der Waals surface area contributed by atoms with Crippen molar-refractivity contribution in [3.05, 3.63) is 297 Å². The summed E-state index contributed by atoms with van der Waals surface area (Å²) in [5, 5.41) is 48.3. The van der Waals surface area contributed by atoms with E-state index in [1.807, 2.05) is 48.5 Å². The smallest absolute Gasteiger partial charge is 0.115 e. The number of halogens is 1. The van der Waals surface area contributed by atoms with Crippen LogP contribution in [0.4, 0.5) is 11.4 Å². The molecule has 0 amide bonds. The Morgan fingerprint density at radius 2 is 0.684 bits per heavy atom. The number of morpholine rings is 1. The number of rotatable bonds is 22. The molecule has 12 rings (SSSR count). The number of hydrogen-bond donors (Lipinski definition) is 5. The molecular formula is C84H93BrN4O6. The number of piperidine rings is 1. The van der Waals surface area contributed by atoms with Gasteiger partial charge in [-0.2, -0.15) is 0 Å². The lowest BCUT2D eigenvalue weighted by Crippen LogP contribution is -2.44. The fourth-order valence-corrected chi connectivity index (χ4v) is 13.3. The second-order valence-electron chi connectivity index (χ2n) is 24.8. The van der Waals surface area contributed by atoms with Crippen molar-refractivity contribution < 1.29 is 30.3 Å². The number of benzene rings is 9. The van der Waals surface area contributed by atoms with E-state index < -0.39 is 0 Å². The van der Waals surface area contributed by atoms with E-state index in [1.54, 1.807) is 24.3 Å². The number of phenols is 2. The maximum absolute atomic E-state index is 9.85. The summed E-state index contributed by atoms with van der Waals surface area (Å²) in [5.41, 5.74) is 21.4. The third kappa shape index (κ3) is 19.9. The van der Waals surface area contributed by atoms with Crippen LogP contribution in [0.2, 0.25) is 0 Å². The molecule has 3 fully saturated rings. The number of aliphatic hydroxyl groups excluding tert-OH is 3. The van der Waals surface area contributed by atoms with Gasteiger partial charge in [0.15, 0.2) is 0 Å². The number of nitrogens with zero attached hydrogens (tertiary/aromatic N) is 4. The number of aromatic hydroxyl groups is 2. The Morgan fingerprint density at radius 3 is 1.04 bits per heavy atom. The zero-order valence-corrected chi connectivity index (χ0v) is 56.7. The first-order chi connectivity index (χ1) is 46.7. The zero-order valence-electron chi connectivity index (χ0n) is 55.1. The Labute approximate surface area is 572 Å². The molecule has 0 bridgehead atoms. The number of aliphatic hydroxyl groups is 3. The van der Waals surface area contributed by atoms with Crippen LogP contribution in [0.3, 0.4) is 0 Å². The van der Waals surface area contributed by atoms with Crippen molar-refractivity contribution in [1.29, 1.82) is 0 Å². The van der Waals surface area contributed by atoms with Gasteiger partial charge in [0.1, 0.15) is 11.5 Å². The van der Waals surface area contributed by atoms with Crippen molar-refractivity contribution in [2.24, 2.45) is 0 Å². The average Bonchev–Trinajstić information content (AvgIpc) is 0.858. The Bertz CT molecular complexity index is 3820. The summed E-state index contributed by atoms with van der Waals surface area (Å²) in [7, 11) is 2.17. The van der Waals surface area contributed by atoms with Crippen LogP contribution in [0.15, 0.2) is 241 Å². The molecule has 3 heterocycles. The number of ether oxygens (including phenoxy) is 1. The molecule has 3 aliphatic heterocycles. The number of anilines is 2. The molecule has 0 atom stereocenters. The molecule has 0 radical (unpaired) electrons. The van der Waals surface area contributed by atoms with Gasteiger partial charge in [0, 0.05) is 81.5 Å². The van der Waals surface area contributed by atoms with E-state index in [2.05, 4.69) is 206 Å². The number of phenolic OH excluding ortho intramolecular Hbond substituents is 2. The maximum atomic E-state index is 9.85. The SMILES string of the molecule is CN1CCN(c2ccc(/C(=C(/CCCO)c3ccccc3)c3ccc(O)cc3)cc2)CC1.OCCC/C(=C(\c1ccc(Br)cc1)c1ccc(CN2CCCCC2)cc1)c1ccccc1.OCCC/C(=C(\c1ccc(O)cc1)c1ccc(N2CCOCC2)cc1)c1ccccc1. The number of likely N-dealkylation sites (N-methyl/N-ethyl adjacent to an activating group) is 1.